The van der Waals surface area contributed by atoms with Crippen LogP contribution in [0.5, 0.6) is 11.5 Å². The Balaban J connectivity index is 2.11. The number of rotatable bonds is 3. The van der Waals surface area contributed by atoms with Crippen molar-refractivity contribution in [1.82, 2.24) is 0 Å². The zero-order valence-electron chi connectivity index (χ0n) is 12.5. The molecule has 1 aromatic rings. The Bertz CT molecular complexity index is 475. The first-order chi connectivity index (χ1) is 8.71. The number of ether oxygens (including phenoxy) is 1. The Morgan fingerprint density at radius 2 is 2.00 bits per heavy atom. The molecule has 19 heavy (non-hydrogen) atoms. The van der Waals surface area contributed by atoms with Crippen LogP contribution in [0.1, 0.15) is 31.9 Å². The highest BCUT2D eigenvalue weighted by Gasteiger charge is 2.37. The molecule has 1 aliphatic heterocycles. The van der Waals surface area contributed by atoms with Gasteiger partial charge in [-0.2, -0.15) is 0 Å². The molecular formula is C15H24O3Si. The predicted octanol–water partition coefficient (Wildman–Crippen LogP) is 3.85. The van der Waals surface area contributed by atoms with Crippen molar-refractivity contribution in [3.05, 3.63) is 23.3 Å². The van der Waals surface area contributed by atoms with Crippen molar-refractivity contribution in [3.8, 4) is 11.5 Å². The minimum absolute atomic E-state index is 0.203. The third-order valence-corrected chi connectivity index (χ3v) is 8.71. The number of hydrogen-bond acceptors (Lipinski definition) is 3. The Morgan fingerprint density at radius 3 is 2.63 bits per heavy atom. The van der Waals surface area contributed by atoms with E-state index in [-0.39, 0.29) is 10.8 Å². The second-order valence-electron chi connectivity index (χ2n) is 6.75. The lowest BCUT2D eigenvalue weighted by Gasteiger charge is -2.36. The molecule has 1 heterocycles. The summed E-state index contributed by atoms with van der Waals surface area (Å²) in [5.74, 6) is 0.889. The van der Waals surface area contributed by atoms with Gasteiger partial charge in [0.15, 0.2) is 19.8 Å². The van der Waals surface area contributed by atoms with Crippen molar-refractivity contribution in [2.24, 2.45) is 0 Å². The van der Waals surface area contributed by atoms with Crippen LogP contribution in [0.15, 0.2) is 12.1 Å². The number of fused-ring (bicyclic) bond motifs is 1. The highest BCUT2D eigenvalue weighted by atomic mass is 28.4. The van der Waals surface area contributed by atoms with Crippen molar-refractivity contribution in [2.75, 3.05) is 6.61 Å². The molecule has 0 unspecified atom stereocenters. The van der Waals surface area contributed by atoms with Crippen LogP contribution in [0.25, 0.3) is 0 Å². The lowest BCUT2D eigenvalue weighted by Crippen LogP contribution is -2.40. The number of aromatic hydroxyl groups is 1. The average Bonchev–Trinajstić information content (AvgIpc) is 2.73. The van der Waals surface area contributed by atoms with Gasteiger partial charge in [0.25, 0.3) is 0 Å². The summed E-state index contributed by atoms with van der Waals surface area (Å²) in [6, 6.07) is 3.85. The molecule has 0 amide bonds. The number of hydrogen-bond donors (Lipinski definition) is 1. The maximum absolute atomic E-state index is 9.93. The molecular weight excluding hydrogens is 256 g/mol. The molecule has 1 N–H and O–H groups in total. The van der Waals surface area contributed by atoms with Gasteiger partial charge < -0.3 is 14.3 Å². The first-order valence-corrected chi connectivity index (χ1v) is 9.73. The van der Waals surface area contributed by atoms with Crippen LogP contribution >= 0.6 is 0 Å². The third-order valence-electron chi connectivity index (χ3n) is 4.23. The van der Waals surface area contributed by atoms with Crippen LogP contribution in [0, 0.1) is 0 Å². The quantitative estimate of drug-likeness (QED) is 0.855. The summed E-state index contributed by atoms with van der Waals surface area (Å²) in [6.07, 6.45) is 0.872. The van der Waals surface area contributed by atoms with E-state index in [9.17, 15) is 5.11 Å². The zero-order chi connectivity index (χ0) is 14.3. The summed E-state index contributed by atoms with van der Waals surface area (Å²) >= 11 is 0. The molecule has 0 bridgehead atoms. The summed E-state index contributed by atoms with van der Waals surface area (Å²) in [4.78, 5) is 0. The monoisotopic (exact) mass is 280 g/mol. The summed E-state index contributed by atoms with van der Waals surface area (Å²) < 4.78 is 11.6. The Morgan fingerprint density at radius 1 is 1.32 bits per heavy atom. The fourth-order valence-corrected chi connectivity index (χ4v) is 2.88. The minimum atomic E-state index is -1.74. The van der Waals surface area contributed by atoms with E-state index >= 15 is 0 Å². The maximum Gasteiger partial charge on any atom is 0.192 e. The first-order valence-electron chi connectivity index (χ1n) is 6.82. The molecule has 0 saturated carbocycles. The van der Waals surface area contributed by atoms with E-state index in [1.165, 1.54) is 0 Å². The van der Waals surface area contributed by atoms with Gasteiger partial charge in [0.2, 0.25) is 0 Å². The smallest absolute Gasteiger partial charge is 0.192 e. The van der Waals surface area contributed by atoms with Gasteiger partial charge in [-0.1, -0.05) is 20.8 Å². The molecule has 3 nitrogen and oxygen atoms in total. The van der Waals surface area contributed by atoms with Gasteiger partial charge >= 0.3 is 0 Å². The topological polar surface area (TPSA) is 38.7 Å². The van der Waals surface area contributed by atoms with E-state index in [4.69, 9.17) is 9.16 Å². The van der Waals surface area contributed by atoms with E-state index in [1.54, 1.807) is 6.07 Å². The van der Waals surface area contributed by atoms with Crippen molar-refractivity contribution in [3.63, 3.8) is 0 Å². The molecule has 0 spiro atoms. The molecule has 2 rings (SSSR count). The summed E-state index contributed by atoms with van der Waals surface area (Å²) in [6.45, 7) is 12.4. The van der Waals surface area contributed by atoms with E-state index in [0.29, 0.717) is 19.0 Å². The highest BCUT2D eigenvalue weighted by molar-refractivity contribution is 6.74. The van der Waals surface area contributed by atoms with Gasteiger partial charge in [-0.05, 0) is 35.8 Å². The van der Waals surface area contributed by atoms with Crippen molar-refractivity contribution in [2.45, 2.75) is 51.9 Å². The van der Waals surface area contributed by atoms with Crippen LogP contribution in [-0.2, 0) is 17.5 Å². The summed E-state index contributed by atoms with van der Waals surface area (Å²) in [5.41, 5.74) is 2.13. The number of phenolic OH excluding ortho intramolecular Hbond substituents is 1. The van der Waals surface area contributed by atoms with Crippen LogP contribution in [0.2, 0.25) is 18.1 Å². The summed E-state index contributed by atoms with van der Waals surface area (Å²) in [5, 5.41) is 10.1. The van der Waals surface area contributed by atoms with Gasteiger partial charge in [-0.25, -0.2) is 0 Å². The molecule has 1 aromatic carbocycles. The van der Waals surface area contributed by atoms with Crippen LogP contribution in [0.3, 0.4) is 0 Å². The molecule has 0 aromatic heterocycles. The second kappa shape index (κ2) is 4.83. The van der Waals surface area contributed by atoms with Gasteiger partial charge in [-0.3, -0.25) is 0 Å². The lowest BCUT2D eigenvalue weighted by atomic mass is 10.1. The fourth-order valence-electron chi connectivity index (χ4n) is 1.92. The molecule has 0 atom stereocenters. The van der Waals surface area contributed by atoms with Crippen LogP contribution in [0.4, 0.5) is 0 Å². The Hall–Kier alpha value is -1.00. The van der Waals surface area contributed by atoms with E-state index in [2.05, 4.69) is 39.9 Å². The van der Waals surface area contributed by atoms with Gasteiger partial charge in [0.05, 0.1) is 13.2 Å². The van der Waals surface area contributed by atoms with Crippen LogP contribution < -0.4 is 4.74 Å². The Kier molecular flexibility index (Phi) is 3.67. The largest absolute Gasteiger partial charge is 0.504 e. The molecule has 0 aliphatic carbocycles. The van der Waals surface area contributed by atoms with E-state index in [0.717, 1.165) is 17.5 Å². The van der Waals surface area contributed by atoms with Crippen molar-refractivity contribution in [1.29, 1.82) is 0 Å². The molecule has 1 aliphatic rings. The molecule has 0 saturated heterocycles. The second-order valence-corrected chi connectivity index (χ2v) is 11.6. The molecule has 0 radical (unpaired) electrons. The molecule has 106 valence electrons. The van der Waals surface area contributed by atoms with Crippen molar-refractivity contribution >= 4 is 8.32 Å². The SMILES string of the molecule is CC(C)(C)[Si](C)(C)OCc1cc(O)c2c(c1)CCO2. The third kappa shape index (κ3) is 2.95. The predicted molar refractivity (Wildman–Crippen MR) is 79.3 cm³/mol. The summed E-state index contributed by atoms with van der Waals surface area (Å²) in [7, 11) is -1.74. The van der Waals surface area contributed by atoms with E-state index in [1.807, 2.05) is 0 Å². The normalized spacial score (nSPS) is 15.2. The zero-order valence-corrected chi connectivity index (χ0v) is 13.5. The van der Waals surface area contributed by atoms with Gasteiger partial charge in [0.1, 0.15) is 0 Å². The number of benzene rings is 1. The minimum Gasteiger partial charge on any atom is -0.504 e. The van der Waals surface area contributed by atoms with Gasteiger partial charge in [0, 0.05) is 12.0 Å². The van der Waals surface area contributed by atoms with Crippen molar-refractivity contribution < 1.29 is 14.3 Å². The Labute approximate surface area is 116 Å². The first kappa shape index (κ1) is 14.4. The average molecular weight is 280 g/mol. The standard InChI is InChI=1S/C15H24O3Si/c1-15(2,3)19(4,5)18-10-11-8-12-6-7-17-14(12)13(16)9-11/h8-9,16H,6-7,10H2,1-5H3. The van der Waals surface area contributed by atoms with Gasteiger partial charge in [-0.15, -0.1) is 0 Å². The van der Waals surface area contributed by atoms with E-state index < -0.39 is 8.32 Å². The maximum atomic E-state index is 9.93. The molecule has 0 fully saturated rings. The lowest BCUT2D eigenvalue weighted by molar-refractivity contribution is 0.275. The van der Waals surface area contributed by atoms with Crippen LogP contribution in [-0.4, -0.2) is 20.0 Å². The fraction of sp³-hybridized carbons (Fsp3) is 0.600. The number of phenols is 1. The highest BCUT2D eigenvalue weighted by Crippen LogP contribution is 2.39. The molecule has 4 heteroatoms.